The Morgan fingerprint density at radius 1 is 1.33 bits per heavy atom. The number of hydrogen-bond donors (Lipinski definition) is 2. The molecule has 1 saturated heterocycles. The third kappa shape index (κ3) is 3.34. The van der Waals surface area contributed by atoms with Crippen LogP contribution in [-0.4, -0.2) is 60.9 Å². The molecule has 1 aromatic heterocycles. The highest BCUT2D eigenvalue weighted by Gasteiger charge is 2.16. The molecule has 1 aliphatic heterocycles. The van der Waals surface area contributed by atoms with Crippen molar-refractivity contribution in [2.24, 2.45) is 0 Å². The SMILES string of the molecule is CCNc1cc(N2CCN(CCO)CC2)ccn1. The summed E-state index contributed by atoms with van der Waals surface area (Å²) in [6.07, 6.45) is 1.85. The maximum Gasteiger partial charge on any atom is 0.127 e. The molecule has 5 heteroatoms. The second-order valence-electron chi connectivity index (χ2n) is 4.48. The van der Waals surface area contributed by atoms with Crippen LogP contribution in [-0.2, 0) is 0 Å². The van der Waals surface area contributed by atoms with E-state index in [-0.39, 0.29) is 6.61 Å². The molecule has 0 radical (unpaired) electrons. The van der Waals surface area contributed by atoms with Crippen LogP contribution in [0.1, 0.15) is 6.92 Å². The lowest BCUT2D eigenvalue weighted by molar-refractivity contribution is 0.189. The fourth-order valence-electron chi connectivity index (χ4n) is 2.26. The van der Waals surface area contributed by atoms with Crippen molar-refractivity contribution in [1.29, 1.82) is 0 Å². The molecule has 0 aromatic carbocycles. The number of pyridine rings is 1. The third-order valence-electron chi connectivity index (χ3n) is 3.26. The topological polar surface area (TPSA) is 51.6 Å². The Morgan fingerprint density at radius 2 is 2.11 bits per heavy atom. The molecular weight excluding hydrogens is 228 g/mol. The molecule has 0 unspecified atom stereocenters. The van der Waals surface area contributed by atoms with Crippen molar-refractivity contribution in [3.05, 3.63) is 18.3 Å². The standard InChI is InChI=1S/C13H22N4O/c1-2-14-13-11-12(3-4-15-13)17-7-5-16(6-8-17)9-10-18/h3-4,11,18H,2,5-10H2,1H3,(H,14,15). The van der Waals surface area contributed by atoms with Crippen molar-refractivity contribution in [1.82, 2.24) is 9.88 Å². The number of aliphatic hydroxyl groups is 1. The largest absolute Gasteiger partial charge is 0.395 e. The van der Waals surface area contributed by atoms with Gasteiger partial charge in [0.25, 0.3) is 0 Å². The van der Waals surface area contributed by atoms with E-state index in [1.807, 2.05) is 6.20 Å². The Morgan fingerprint density at radius 3 is 2.78 bits per heavy atom. The lowest BCUT2D eigenvalue weighted by Gasteiger charge is -2.35. The van der Waals surface area contributed by atoms with Crippen LogP contribution in [0.25, 0.3) is 0 Å². The second-order valence-corrected chi connectivity index (χ2v) is 4.48. The zero-order valence-electron chi connectivity index (χ0n) is 11.0. The van der Waals surface area contributed by atoms with E-state index in [0.29, 0.717) is 0 Å². The number of nitrogens with one attached hydrogen (secondary N) is 1. The first-order chi connectivity index (χ1) is 8.83. The average Bonchev–Trinajstić information content (AvgIpc) is 2.41. The molecule has 0 amide bonds. The zero-order valence-corrected chi connectivity index (χ0v) is 11.0. The minimum Gasteiger partial charge on any atom is -0.395 e. The van der Waals surface area contributed by atoms with E-state index in [4.69, 9.17) is 5.11 Å². The van der Waals surface area contributed by atoms with Crippen LogP contribution in [0.2, 0.25) is 0 Å². The van der Waals surface area contributed by atoms with E-state index in [9.17, 15) is 0 Å². The summed E-state index contributed by atoms with van der Waals surface area (Å²) in [5, 5.41) is 12.2. The quantitative estimate of drug-likeness (QED) is 0.802. The van der Waals surface area contributed by atoms with Crippen molar-refractivity contribution in [3.63, 3.8) is 0 Å². The van der Waals surface area contributed by atoms with Crippen LogP contribution in [0, 0.1) is 0 Å². The van der Waals surface area contributed by atoms with Gasteiger partial charge in [0.05, 0.1) is 6.61 Å². The Hall–Kier alpha value is -1.33. The summed E-state index contributed by atoms with van der Waals surface area (Å²) in [5.41, 5.74) is 1.23. The molecule has 1 fully saturated rings. The molecule has 100 valence electrons. The minimum absolute atomic E-state index is 0.250. The van der Waals surface area contributed by atoms with E-state index in [0.717, 1.165) is 45.1 Å². The van der Waals surface area contributed by atoms with Gasteiger partial charge in [-0.1, -0.05) is 0 Å². The van der Waals surface area contributed by atoms with Crippen molar-refractivity contribution >= 4 is 11.5 Å². The molecule has 18 heavy (non-hydrogen) atoms. The van der Waals surface area contributed by atoms with Gasteiger partial charge in [-0.05, 0) is 13.0 Å². The van der Waals surface area contributed by atoms with Crippen molar-refractivity contribution in [2.45, 2.75) is 6.92 Å². The van der Waals surface area contributed by atoms with Crippen molar-refractivity contribution in [3.8, 4) is 0 Å². The predicted molar refractivity (Wildman–Crippen MR) is 74.1 cm³/mol. The highest BCUT2D eigenvalue weighted by molar-refractivity contribution is 5.54. The first kappa shape index (κ1) is 13.1. The Labute approximate surface area is 108 Å². The van der Waals surface area contributed by atoms with Gasteiger partial charge in [-0.2, -0.15) is 0 Å². The van der Waals surface area contributed by atoms with Gasteiger partial charge in [-0.3, -0.25) is 4.90 Å². The van der Waals surface area contributed by atoms with Crippen LogP contribution < -0.4 is 10.2 Å². The van der Waals surface area contributed by atoms with Gasteiger partial charge in [0.15, 0.2) is 0 Å². The molecule has 0 aliphatic carbocycles. The van der Waals surface area contributed by atoms with E-state index in [1.165, 1.54) is 5.69 Å². The third-order valence-corrected chi connectivity index (χ3v) is 3.26. The van der Waals surface area contributed by atoms with Crippen LogP contribution in [0.4, 0.5) is 11.5 Å². The van der Waals surface area contributed by atoms with Crippen LogP contribution in [0.5, 0.6) is 0 Å². The van der Waals surface area contributed by atoms with E-state index in [1.54, 1.807) is 0 Å². The number of piperazine rings is 1. The number of aromatic nitrogens is 1. The normalized spacial score (nSPS) is 16.9. The van der Waals surface area contributed by atoms with E-state index in [2.05, 4.69) is 39.2 Å². The summed E-state index contributed by atoms with van der Waals surface area (Å²) in [5.74, 6) is 0.938. The number of anilines is 2. The van der Waals surface area contributed by atoms with Gasteiger partial charge in [0.1, 0.15) is 5.82 Å². The van der Waals surface area contributed by atoms with Gasteiger partial charge in [0, 0.05) is 57.2 Å². The summed E-state index contributed by atoms with van der Waals surface area (Å²) >= 11 is 0. The van der Waals surface area contributed by atoms with Crippen molar-refractivity contribution in [2.75, 3.05) is 56.1 Å². The highest BCUT2D eigenvalue weighted by atomic mass is 16.3. The zero-order chi connectivity index (χ0) is 12.8. The molecule has 0 spiro atoms. The molecule has 2 rings (SSSR count). The van der Waals surface area contributed by atoms with Gasteiger partial charge >= 0.3 is 0 Å². The lowest BCUT2D eigenvalue weighted by atomic mass is 10.2. The monoisotopic (exact) mass is 250 g/mol. The molecule has 0 saturated carbocycles. The number of hydrogen-bond acceptors (Lipinski definition) is 5. The fraction of sp³-hybridized carbons (Fsp3) is 0.615. The maximum absolute atomic E-state index is 8.93. The van der Waals surface area contributed by atoms with Gasteiger partial charge in [-0.15, -0.1) is 0 Å². The summed E-state index contributed by atoms with van der Waals surface area (Å²) in [6.45, 7) is 8.04. The minimum atomic E-state index is 0.250. The first-order valence-electron chi connectivity index (χ1n) is 6.61. The molecule has 0 atom stereocenters. The lowest BCUT2D eigenvalue weighted by Crippen LogP contribution is -2.47. The number of nitrogens with zero attached hydrogens (tertiary/aromatic N) is 3. The van der Waals surface area contributed by atoms with Gasteiger partial charge in [-0.25, -0.2) is 4.98 Å². The molecule has 5 nitrogen and oxygen atoms in total. The molecule has 0 bridgehead atoms. The summed E-state index contributed by atoms with van der Waals surface area (Å²) in [7, 11) is 0. The fourth-order valence-corrected chi connectivity index (χ4v) is 2.26. The average molecular weight is 250 g/mol. The van der Waals surface area contributed by atoms with Crippen LogP contribution in [0.3, 0.4) is 0 Å². The van der Waals surface area contributed by atoms with Gasteiger partial charge < -0.3 is 15.3 Å². The van der Waals surface area contributed by atoms with E-state index >= 15 is 0 Å². The van der Waals surface area contributed by atoms with E-state index < -0.39 is 0 Å². The summed E-state index contributed by atoms with van der Waals surface area (Å²) < 4.78 is 0. The molecule has 1 aromatic rings. The molecular formula is C13H22N4O. The Kier molecular flexibility index (Phi) is 4.78. The van der Waals surface area contributed by atoms with Crippen molar-refractivity contribution < 1.29 is 5.11 Å². The Balaban J connectivity index is 1.94. The Bertz CT molecular complexity index is 364. The first-order valence-corrected chi connectivity index (χ1v) is 6.61. The second kappa shape index (κ2) is 6.56. The number of β-amino-alcohol motifs (C(OH)–C–C–N with tert-alkyl or cyclic N) is 1. The number of rotatable bonds is 5. The number of aliphatic hydroxyl groups excluding tert-OH is 1. The molecule has 2 heterocycles. The smallest absolute Gasteiger partial charge is 0.127 e. The highest BCUT2D eigenvalue weighted by Crippen LogP contribution is 2.18. The molecule has 2 N–H and O–H groups in total. The summed E-state index contributed by atoms with van der Waals surface area (Å²) in [6, 6.07) is 4.16. The predicted octanol–water partition coefficient (Wildman–Crippen LogP) is 0.628. The maximum atomic E-state index is 8.93. The molecule has 1 aliphatic rings. The van der Waals surface area contributed by atoms with Crippen LogP contribution in [0.15, 0.2) is 18.3 Å². The van der Waals surface area contributed by atoms with Crippen LogP contribution >= 0.6 is 0 Å². The van der Waals surface area contributed by atoms with Gasteiger partial charge in [0.2, 0.25) is 0 Å². The summed E-state index contributed by atoms with van der Waals surface area (Å²) in [4.78, 5) is 8.95.